The van der Waals surface area contributed by atoms with Crippen molar-refractivity contribution in [3.05, 3.63) is 35.4 Å². The molecule has 4 heteroatoms. The minimum Gasteiger partial charge on any atom is -0.449 e. The summed E-state index contributed by atoms with van der Waals surface area (Å²) >= 11 is 0. The molecular formula is C16H21NO3. The number of carbonyl (C=O) groups is 1. The van der Waals surface area contributed by atoms with Crippen molar-refractivity contribution in [1.82, 2.24) is 4.90 Å². The van der Waals surface area contributed by atoms with Crippen molar-refractivity contribution in [3.63, 3.8) is 0 Å². The molecule has 0 unspecified atom stereocenters. The van der Waals surface area contributed by atoms with Crippen LogP contribution in [0.4, 0.5) is 4.79 Å². The van der Waals surface area contributed by atoms with Crippen LogP contribution in [-0.4, -0.2) is 36.4 Å². The number of hydrogen-bond donors (Lipinski definition) is 1. The zero-order valence-electron chi connectivity index (χ0n) is 12.2. The zero-order chi connectivity index (χ0) is 15.0. The van der Waals surface area contributed by atoms with E-state index in [2.05, 4.69) is 11.8 Å². The Morgan fingerprint density at radius 3 is 2.85 bits per heavy atom. The first-order valence-electron chi connectivity index (χ1n) is 6.59. The van der Waals surface area contributed by atoms with E-state index in [4.69, 9.17) is 9.84 Å². The molecule has 108 valence electrons. The molecule has 0 saturated carbocycles. The average molecular weight is 275 g/mol. The van der Waals surface area contributed by atoms with Crippen molar-refractivity contribution in [2.75, 3.05) is 20.3 Å². The lowest BCUT2D eigenvalue weighted by atomic mass is 10.1. The lowest BCUT2D eigenvalue weighted by Gasteiger charge is -2.18. The van der Waals surface area contributed by atoms with Crippen LogP contribution < -0.4 is 0 Å². The third kappa shape index (κ3) is 5.77. The Bertz CT molecular complexity index is 500. The number of rotatable bonds is 4. The first-order valence-corrected chi connectivity index (χ1v) is 6.59. The van der Waals surface area contributed by atoms with Gasteiger partial charge in [0.2, 0.25) is 0 Å². The van der Waals surface area contributed by atoms with Crippen LogP contribution in [0, 0.1) is 17.8 Å². The fourth-order valence-corrected chi connectivity index (χ4v) is 1.58. The first kappa shape index (κ1) is 16.1. The normalized spacial score (nSPS) is 9.85. The third-order valence-electron chi connectivity index (χ3n) is 2.51. The van der Waals surface area contributed by atoms with Crippen LogP contribution >= 0.6 is 0 Å². The molecule has 20 heavy (non-hydrogen) atoms. The Morgan fingerprint density at radius 1 is 1.45 bits per heavy atom. The van der Waals surface area contributed by atoms with E-state index in [1.807, 2.05) is 38.1 Å². The summed E-state index contributed by atoms with van der Waals surface area (Å²) in [6.07, 6.45) is -0.328. The molecule has 0 saturated heterocycles. The van der Waals surface area contributed by atoms with E-state index >= 15 is 0 Å². The Labute approximate surface area is 120 Å². The van der Waals surface area contributed by atoms with Gasteiger partial charge in [0.1, 0.15) is 6.61 Å². The number of aliphatic hydroxyl groups excluding tert-OH is 1. The Hall–Kier alpha value is -1.99. The van der Waals surface area contributed by atoms with E-state index in [1.54, 1.807) is 7.05 Å². The highest BCUT2D eigenvalue weighted by Crippen LogP contribution is 2.08. The van der Waals surface area contributed by atoms with E-state index in [-0.39, 0.29) is 12.7 Å². The number of ether oxygens (including phenoxy) is 1. The summed E-state index contributed by atoms with van der Waals surface area (Å²) in [7, 11) is 1.70. The summed E-state index contributed by atoms with van der Waals surface area (Å²) in [6.45, 7) is 4.72. The van der Waals surface area contributed by atoms with Gasteiger partial charge in [0.15, 0.2) is 0 Å². The second-order valence-electron chi connectivity index (χ2n) is 4.99. The van der Waals surface area contributed by atoms with Crippen LogP contribution in [0.15, 0.2) is 24.3 Å². The molecule has 0 heterocycles. The van der Waals surface area contributed by atoms with E-state index in [9.17, 15) is 4.79 Å². The quantitative estimate of drug-likeness (QED) is 0.857. The molecule has 1 aromatic rings. The number of amides is 1. The maximum atomic E-state index is 11.8. The van der Waals surface area contributed by atoms with Gasteiger partial charge in [0.05, 0.1) is 6.61 Å². The summed E-state index contributed by atoms with van der Waals surface area (Å²) in [4.78, 5) is 13.3. The minimum absolute atomic E-state index is 0.161. The van der Waals surface area contributed by atoms with E-state index in [1.165, 1.54) is 4.90 Å². The van der Waals surface area contributed by atoms with E-state index < -0.39 is 0 Å². The van der Waals surface area contributed by atoms with Crippen LogP contribution in [0.1, 0.15) is 25.0 Å². The Morgan fingerprint density at radius 2 is 2.20 bits per heavy atom. The fourth-order valence-electron chi connectivity index (χ4n) is 1.58. The zero-order valence-corrected chi connectivity index (χ0v) is 12.2. The van der Waals surface area contributed by atoms with Gasteiger partial charge >= 0.3 is 6.09 Å². The molecule has 0 aliphatic carbocycles. The molecule has 0 fully saturated rings. The number of carbonyl (C=O) groups excluding carboxylic acids is 1. The highest BCUT2D eigenvalue weighted by molar-refractivity contribution is 5.67. The van der Waals surface area contributed by atoms with Crippen LogP contribution in [0.3, 0.4) is 0 Å². The smallest absolute Gasteiger partial charge is 0.409 e. The maximum Gasteiger partial charge on any atom is 0.409 e. The van der Waals surface area contributed by atoms with Gasteiger partial charge in [-0.15, -0.1) is 0 Å². The Kier molecular flexibility index (Phi) is 6.61. The molecule has 1 amide bonds. The summed E-state index contributed by atoms with van der Waals surface area (Å²) < 4.78 is 5.16. The number of aliphatic hydroxyl groups is 1. The predicted octanol–water partition coefficient (Wildman–Crippen LogP) is 2.25. The lowest BCUT2D eigenvalue weighted by Crippen LogP contribution is -2.28. The second-order valence-corrected chi connectivity index (χ2v) is 4.99. The molecule has 1 rings (SSSR count). The van der Waals surface area contributed by atoms with Crippen LogP contribution in [0.2, 0.25) is 0 Å². The number of benzene rings is 1. The van der Waals surface area contributed by atoms with Gasteiger partial charge in [0, 0.05) is 19.2 Å². The number of nitrogens with zero attached hydrogens (tertiary/aromatic N) is 1. The second kappa shape index (κ2) is 8.23. The highest BCUT2D eigenvalue weighted by atomic mass is 16.6. The molecule has 0 radical (unpaired) electrons. The van der Waals surface area contributed by atoms with Gasteiger partial charge in [-0.2, -0.15) is 0 Å². The van der Waals surface area contributed by atoms with Crippen molar-refractivity contribution in [2.24, 2.45) is 5.92 Å². The molecule has 0 aliphatic heterocycles. The van der Waals surface area contributed by atoms with Crippen molar-refractivity contribution in [2.45, 2.75) is 20.4 Å². The first-order chi connectivity index (χ1) is 9.52. The van der Waals surface area contributed by atoms with Gasteiger partial charge in [-0.3, -0.25) is 0 Å². The van der Waals surface area contributed by atoms with Crippen molar-refractivity contribution in [1.29, 1.82) is 0 Å². The van der Waals surface area contributed by atoms with E-state index in [0.29, 0.717) is 19.1 Å². The fraction of sp³-hybridized carbons (Fsp3) is 0.438. The van der Waals surface area contributed by atoms with Gasteiger partial charge < -0.3 is 14.7 Å². The predicted molar refractivity (Wildman–Crippen MR) is 78.1 cm³/mol. The van der Waals surface area contributed by atoms with Crippen LogP contribution in [-0.2, 0) is 11.3 Å². The summed E-state index contributed by atoms with van der Waals surface area (Å²) in [6, 6.07) is 7.57. The summed E-state index contributed by atoms with van der Waals surface area (Å²) in [5.74, 6) is 5.77. The molecule has 1 N–H and O–H groups in total. The van der Waals surface area contributed by atoms with Crippen LogP contribution in [0.25, 0.3) is 0 Å². The average Bonchev–Trinajstić information content (AvgIpc) is 2.42. The van der Waals surface area contributed by atoms with Crippen molar-refractivity contribution >= 4 is 6.09 Å². The molecular weight excluding hydrogens is 254 g/mol. The molecule has 4 nitrogen and oxygen atoms in total. The molecule has 1 aromatic carbocycles. The molecule has 0 spiro atoms. The Balaban J connectivity index is 2.61. The standard InChI is InChI=1S/C16H21NO3/c1-13(2)12-20-16(19)17(3)11-15-7-4-6-14(10-15)8-5-9-18/h4,6-7,10,13,18H,9,11-12H2,1-3H3. The monoisotopic (exact) mass is 275 g/mol. The maximum absolute atomic E-state index is 11.8. The van der Waals surface area contributed by atoms with E-state index in [0.717, 1.165) is 11.1 Å². The lowest BCUT2D eigenvalue weighted by molar-refractivity contribution is 0.0980. The largest absolute Gasteiger partial charge is 0.449 e. The minimum atomic E-state index is -0.328. The van der Waals surface area contributed by atoms with Crippen LogP contribution in [0.5, 0.6) is 0 Å². The third-order valence-corrected chi connectivity index (χ3v) is 2.51. The number of hydrogen-bond acceptors (Lipinski definition) is 3. The van der Waals surface area contributed by atoms with Gasteiger partial charge in [-0.05, 0) is 23.6 Å². The summed E-state index contributed by atoms with van der Waals surface area (Å²) in [5, 5.41) is 8.68. The molecule has 0 atom stereocenters. The van der Waals surface area contributed by atoms with Gasteiger partial charge in [0.25, 0.3) is 0 Å². The molecule has 0 bridgehead atoms. The van der Waals surface area contributed by atoms with Crippen molar-refractivity contribution < 1.29 is 14.6 Å². The SMILES string of the molecule is CC(C)COC(=O)N(C)Cc1cccc(C#CCO)c1. The summed E-state index contributed by atoms with van der Waals surface area (Å²) in [5.41, 5.74) is 1.79. The molecule has 0 aromatic heterocycles. The van der Waals surface area contributed by atoms with Gasteiger partial charge in [-0.1, -0.05) is 37.8 Å². The highest BCUT2D eigenvalue weighted by Gasteiger charge is 2.11. The topological polar surface area (TPSA) is 49.8 Å². The van der Waals surface area contributed by atoms with Crippen molar-refractivity contribution in [3.8, 4) is 11.8 Å². The van der Waals surface area contributed by atoms with Gasteiger partial charge in [-0.25, -0.2) is 4.79 Å². The molecule has 0 aliphatic rings.